The lowest BCUT2D eigenvalue weighted by Crippen LogP contribution is -2.24. The van der Waals surface area contributed by atoms with Gasteiger partial charge in [0.2, 0.25) is 0 Å². The van der Waals surface area contributed by atoms with Gasteiger partial charge in [0, 0.05) is 12.1 Å². The predicted molar refractivity (Wildman–Crippen MR) is 40.4 cm³/mol. The zero-order valence-electron chi connectivity index (χ0n) is 6.22. The summed E-state index contributed by atoms with van der Waals surface area (Å²) in [6.07, 6.45) is 7.00. The fourth-order valence-electron chi connectivity index (χ4n) is 1.35. The standard InChI is InChI=1S/C8H15N/c1-3-4-8-6-5-7(2)9-8/h3-4,7-9H,5-6H2,1-2H3/b4-3+/t7-,8-/m1/s1. The molecule has 0 aromatic heterocycles. The summed E-state index contributed by atoms with van der Waals surface area (Å²) in [4.78, 5) is 0. The average Bonchev–Trinajstić information content (AvgIpc) is 2.17. The van der Waals surface area contributed by atoms with Crippen molar-refractivity contribution >= 4 is 0 Å². The van der Waals surface area contributed by atoms with Crippen LogP contribution in [0.1, 0.15) is 26.7 Å². The van der Waals surface area contributed by atoms with Crippen molar-refractivity contribution in [3.63, 3.8) is 0 Å². The van der Waals surface area contributed by atoms with Gasteiger partial charge in [0.1, 0.15) is 0 Å². The smallest absolute Gasteiger partial charge is 0.0252 e. The van der Waals surface area contributed by atoms with Crippen molar-refractivity contribution in [2.75, 3.05) is 0 Å². The third-order valence-corrected chi connectivity index (χ3v) is 1.83. The Morgan fingerprint density at radius 1 is 1.44 bits per heavy atom. The summed E-state index contributed by atoms with van der Waals surface area (Å²) >= 11 is 0. The van der Waals surface area contributed by atoms with Crippen LogP contribution in [0.25, 0.3) is 0 Å². The second kappa shape index (κ2) is 3.02. The molecule has 0 aliphatic carbocycles. The summed E-state index contributed by atoms with van der Waals surface area (Å²) in [5, 5.41) is 3.47. The Hall–Kier alpha value is -0.300. The van der Waals surface area contributed by atoms with Crippen LogP contribution in [-0.4, -0.2) is 12.1 Å². The van der Waals surface area contributed by atoms with E-state index in [1.54, 1.807) is 0 Å². The monoisotopic (exact) mass is 125 g/mol. The maximum absolute atomic E-state index is 3.47. The van der Waals surface area contributed by atoms with Gasteiger partial charge in [-0.3, -0.25) is 0 Å². The van der Waals surface area contributed by atoms with Crippen LogP contribution in [0.2, 0.25) is 0 Å². The molecule has 9 heavy (non-hydrogen) atoms. The fraction of sp³-hybridized carbons (Fsp3) is 0.750. The predicted octanol–water partition coefficient (Wildman–Crippen LogP) is 1.70. The highest BCUT2D eigenvalue weighted by atomic mass is 15.0. The number of hydrogen-bond donors (Lipinski definition) is 1. The summed E-state index contributed by atoms with van der Waals surface area (Å²) in [6, 6.07) is 1.39. The third-order valence-electron chi connectivity index (χ3n) is 1.83. The Labute approximate surface area is 57.1 Å². The molecule has 0 aromatic rings. The molecule has 0 saturated carbocycles. The van der Waals surface area contributed by atoms with Gasteiger partial charge in [-0.25, -0.2) is 0 Å². The van der Waals surface area contributed by atoms with Gasteiger partial charge in [0.25, 0.3) is 0 Å². The summed E-state index contributed by atoms with van der Waals surface area (Å²) in [6.45, 7) is 4.31. The highest BCUT2D eigenvalue weighted by Gasteiger charge is 2.16. The van der Waals surface area contributed by atoms with E-state index >= 15 is 0 Å². The van der Waals surface area contributed by atoms with Crippen LogP contribution in [0.3, 0.4) is 0 Å². The topological polar surface area (TPSA) is 12.0 Å². The molecule has 1 aliphatic heterocycles. The molecule has 0 amide bonds. The first-order valence-corrected chi connectivity index (χ1v) is 3.72. The first-order chi connectivity index (χ1) is 4.33. The lowest BCUT2D eigenvalue weighted by atomic mass is 10.2. The van der Waals surface area contributed by atoms with Gasteiger partial charge in [-0.15, -0.1) is 0 Å². The van der Waals surface area contributed by atoms with Crippen molar-refractivity contribution in [2.24, 2.45) is 0 Å². The fourth-order valence-corrected chi connectivity index (χ4v) is 1.35. The van der Waals surface area contributed by atoms with E-state index in [1.165, 1.54) is 12.8 Å². The Kier molecular flexibility index (Phi) is 2.29. The van der Waals surface area contributed by atoms with Gasteiger partial charge in [0.15, 0.2) is 0 Å². The Morgan fingerprint density at radius 2 is 2.22 bits per heavy atom. The SMILES string of the molecule is C/C=C/[C@@H]1CC[C@@H](C)N1. The van der Waals surface area contributed by atoms with Crippen LogP contribution < -0.4 is 5.32 Å². The number of hydrogen-bond acceptors (Lipinski definition) is 1. The van der Waals surface area contributed by atoms with Crippen LogP contribution in [-0.2, 0) is 0 Å². The van der Waals surface area contributed by atoms with Gasteiger partial charge >= 0.3 is 0 Å². The molecule has 0 spiro atoms. The minimum absolute atomic E-state index is 0.657. The lowest BCUT2D eigenvalue weighted by Gasteiger charge is -2.04. The van der Waals surface area contributed by atoms with Crippen LogP contribution in [0.15, 0.2) is 12.2 Å². The molecule has 0 bridgehead atoms. The summed E-state index contributed by atoms with van der Waals surface area (Å²) in [7, 11) is 0. The molecule has 1 heteroatoms. The van der Waals surface area contributed by atoms with Gasteiger partial charge in [0.05, 0.1) is 0 Å². The van der Waals surface area contributed by atoms with Crippen LogP contribution in [0.4, 0.5) is 0 Å². The van der Waals surface area contributed by atoms with Crippen LogP contribution in [0, 0.1) is 0 Å². The molecule has 52 valence electrons. The molecule has 1 fully saturated rings. The quantitative estimate of drug-likeness (QED) is 0.526. The third kappa shape index (κ3) is 1.83. The van der Waals surface area contributed by atoms with E-state index in [2.05, 4.69) is 31.3 Å². The number of allylic oxidation sites excluding steroid dienone is 1. The lowest BCUT2D eigenvalue weighted by molar-refractivity contribution is 0.627. The van der Waals surface area contributed by atoms with Gasteiger partial charge < -0.3 is 5.32 Å². The zero-order valence-corrected chi connectivity index (χ0v) is 6.22. The van der Waals surface area contributed by atoms with E-state index in [-0.39, 0.29) is 0 Å². The first-order valence-electron chi connectivity index (χ1n) is 3.72. The molecule has 1 rings (SSSR count). The average molecular weight is 125 g/mol. The van der Waals surface area contributed by atoms with Crippen molar-refractivity contribution in [1.82, 2.24) is 5.32 Å². The Bertz CT molecular complexity index is 107. The van der Waals surface area contributed by atoms with E-state index in [0.29, 0.717) is 6.04 Å². The van der Waals surface area contributed by atoms with Crippen LogP contribution >= 0.6 is 0 Å². The summed E-state index contributed by atoms with van der Waals surface area (Å²) < 4.78 is 0. The van der Waals surface area contributed by atoms with E-state index in [9.17, 15) is 0 Å². The maximum atomic E-state index is 3.47. The molecule has 0 aromatic carbocycles. The zero-order chi connectivity index (χ0) is 6.69. The van der Waals surface area contributed by atoms with Gasteiger partial charge in [-0.2, -0.15) is 0 Å². The largest absolute Gasteiger partial charge is 0.308 e. The second-order valence-electron chi connectivity index (χ2n) is 2.78. The first kappa shape index (κ1) is 6.81. The van der Waals surface area contributed by atoms with Crippen molar-refractivity contribution < 1.29 is 0 Å². The molecular formula is C8H15N. The highest BCUT2D eigenvalue weighted by molar-refractivity contribution is 4.96. The van der Waals surface area contributed by atoms with E-state index in [4.69, 9.17) is 0 Å². The minimum atomic E-state index is 0.657. The van der Waals surface area contributed by atoms with Crippen molar-refractivity contribution in [3.8, 4) is 0 Å². The molecule has 1 aliphatic rings. The number of rotatable bonds is 1. The maximum Gasteiger partial charge on any atom is 0.0252 e. The van der Waals surface area contributed by atoms with Crippen molar-refractivity contribution in [1.29, 1.82) is 0 Å². The highest BCUT2D eigenvalue weighted by Crippen LogP contribution is 2.11. The molecular weight excluding hydrogens is 110 g/mol. The van der Waals surface area contributed by atoms with Gasteiger partial charge in [-0.1, -0.05) is 12.2 Å². The normalized spacial score (nSPS) is 36.2. The molecule has 2 atom stereocenters. The van der Waals surface area contributed by atoms with E-state index < -0.39 is 0 Å². The Morgan fingerprint density at radius 3 is 2.67 bits per heavy atom. The molecule has 0 radical (unpaired) electrons. The van der Waals surface area contributed by atoms with Gasteiger partial charge in [-0.05, 0) is 26.7 Å². The summed E-state index contributed by atoms with van der Waals surface area (Å²) in [5.41, 5.74) is 0. The minimum Gasteiger partial charge on any atom is -0.308 e. The Balaban J connectivity index is 2.30. The molecule has 1 N–H and O–H groups in total. The van der Waals surface area contributed by atoms with Crippen molar-refractivity contribution in [2.45, 2.75) is 38.8 Å². The van der Waals surface area contributed by atoms with Crippen LogP contribution in [0.5, 0.6) is 0 Å². The molecule has 1 heterocycles. The molecule has 1 saturated heterocycles. The van der Waals surface area contributed by atoms with E-state index in [0.717, 1.165) is 6.04 Å². The van der Waals surface area contributed by atoms with E-state index in [1.807, 2.05) is 0 Å². The summed E-state index contributed by atoms with van der Waals surface area (Å²) in [5.74, 6) is 0. The molecule has 0 unspecified atom stereocenters. The molecule has 1 nitrogen and oxygen atoms in total. The van der Waals surface area contributed by atoms with Crippen molar-refractivity contribution in [3.05, 3.63) is 12.2 Å². The number of nitrogens with one attached hydrogen (secondary N) is 1. The second-order valence-corrected chi connectivity index (χ2v) is 2.78.